The van der Waals surface area contributed by atoms with Crippen molar-refractivity contribution in [3.63, 3.8) is 0 Å². The van der Waals surface area contributed by atoms with Crippen LogP contribution < -0.4 is 10.5 Å². The average molecular weight is 577 g/mol. The van der Waals surface area contributed by atoms with Gasteiger partial charge in [-0.2, -0.15) is 18.2 Å². The first-order valence-electron chi connectivity index (χ1n) is 11.8. The third-order valence-electron chi connectivity index (χ3n) is 6.40. The van der Waals surface area contributed by atoms with Gasteiger partial charge in [-0.05, 0) is 29.8 Å². The normalized spacial score (nSPS) is 17.6. The molecule has 0 saturated carbocycles. The van der Waals surface area contributed by atoms with Crippen molar-refractivity contribution in [2.75, 3.05) is 13.1 Å². The first-order valence-corrected chi connectivity index (χ1v) is 12.7. The number of para-hydroxylation sites is 1. The third kappa shape index (κ3) is 4.57. The molecule has 0 fully saturated rings. The average Bonchev–Trinajstić information content (AvgIpc) is 3.64. The minimum atomic E-state index is -4.61. The van der Waals surface area contributed by atoms with Crippen LogP contribution in [0.25, 0.3) is 11.1 Å². The van der Waals surface area contributed by atoms with Gasteiger partial charge < -0.3 is 14.1 Å². The number of fused-ring (bicyclic) bond motifs is 1. The van der Waals surface area contributed by atoms with Crippen LogP contribution in [0.1, 0.15) is 29.8 Å². The van der Waals surface area contributed by atoms with E-state index in [1.165, 1.54) is 24.3 Å². The Bertz CT molecular complexity index is 1760. The number of oxazole rings is 1. The number of amides is 1. The van der Waals surface area contributed by atoms with E-state index in [2.05, 4.69) is 15.0 Å². The lowest BCUT2D eigenvalue weighted by molar-refractivity contribution is -0.140. The van der Waals surface area contributed by atoms with Crippen molar-refractivity contribution >= 4 is 34.1 Å². The Morgan fingerprint density at radius 3 is 2.55 bits per heavy atom. The highest BCUT2D eigenvalue weighted by Gasteiger charge is 2.47. The zero-order valence-corrected chi connectivity index (χ0v) is 21.2. The molecule has 1 atom stereocenters. The molecule has 14 heteroatoms. The number of H-pyrrole nitrogens is 1. The van der Waals surface area contributed by atoms with Crippen LogP contribution in [0.15, 0.2) is 73.2 Å². The standard InChI is InChI=1S/C26H17F5N4O4S/c1-25(27,28)11-35-20(12-5-7-13(8-6-12)38-24-34-17(10-40-24)26(29,30)31)18-15(22(35)36)9-32-19(18)14-3-2-4-16-21(14)39-23(37)33-16/h2-8,10,20H,9,11H2,1H3,(H,33,37). The number of benzene rings is 2. The first-order chi connectivity index (χ1) is 18.9. The summed E-state index contributed by atoms with van der Waals surface area (Å²) >= 11 is 0.674. The number of carbonyl (C=O) groups excluding carboxylic acids is 1. The molecule has 0 radical (unpaired) electrons. The molecule has 1 amide bonds. The summed E-state index contributed by atoms with van der Waals surface area (Å²) in [5.74, 6) is -4.31. The summed E-state index contributed by atoms with van der Waals surface area (Å²) < 4.78 is 77.8. The predicted octanol–water partition coefficient (Wildman–Crippen LogP) is 5.73. The van der Waals surface area contributed by atoms with E-state index >= 15 is 0 Å². The minimum Gasteiger partial charge on any atom is -0.431 e. The number of thiazole rings is 1. The molecule has 6 rings (SSSR count). The molecule has 0 aliphatic carbocycles. The van der Waals surface area contributed by atoms with Gasteiger partial charge in [0.25, 0.3) is 17.0 Å². The fraction of sp³-hybridized carbons (Fsp3) is 0.231. The van der Waals surface area contributed by atoms with Gasteiger partial charge in [0.15, 0.2) is 11.3 Å². The quantitative estimate of drug-likeness (QED) is 0.296. The molecule has 2 aromatic heterocycles. The first kappa shape index (κ1) is 25.9. The molecule has 4 aromatic rings. The van der Waals surface area contributed by atoms with Gasteiger partial charge in [0, 0.05) is 29.0 Å². The van der Waals surface area contributed by atoms with E-state index in [9.17, 15) is 31.5 Å². The molecule has 4 heterocycles. The van der Waals surface area contributed by atoms with Crippen LogP contribution >= 0.6 is 11.3 Å². The molecule has 1 unspecified atom stereocenters. The fourth-order valence-electron chi connectivity index (χ4n) is 4.85. The van der Waals surface area contributed by atoms with Crippen molar-refractivity contribution in [2.45, 2.75) is 25.1 Å². The van der Waals surface area contributed by atoms with Crippen LogP contribution in [0.5, 0.6) is 10.9 Å². The molecular weight excluding hydrogens is 559 g/mol. The van der Waals surface area contributed by atoms with Gasteiger partial charge in [-0.1, -0.05) is 29.5 Å². The lowest BCUT2D eigenvalue weighted by Crippen LogP contribution is -2.40. The molecule has 206 valence electrons. The van der Waals surface area contributed by atoms with E-state index in [-0.39, 0.29) is 28.6 Å². The predicted molar refractivity (Wildman–Crippen MR) is 134 cm³/mol. The summed E-state index contributed by atoms with van der Waals surface area (Å²) in [6.07, 6.45) is -4.61. The van der Waals surface area contributed by atoms with Crippen LogP contribution in [0.2, 0.25) is 0 Å². The van der Waals surface area contributed by atoms with E-state index in [1.807, 2.05) is 0 Å². The summed E-state index contributed by atoms with van der Waals surface area (Å²) in [4.78, 5) is 36.8. The molecule has 2 aromatic carbocycles. The molecule has 2 aliphatic heterocycles. The highest BCUT2D eigenvalue weighted by molar-refractivity contribution is 7.11. The molecule has 8 nitrogen and oxygen atoms in total. The summed E-state index contributed by atoms with van der Waals surface area (Å²) in [6.45, 7) is -0.188. The monoisotopic (exact) mass is 576 g/mol. The SMILES string of the molecule is CC(F)(F)CN1C(=O)C2=C(C(c3cccc4[nH]c(=O)oc34)=NC2)C1c1ccc(Oc2nc(C(F)(F)F)cs2)cc1. The molecular formula is C26H17F5N4O4S. The number of rotatable bonds is 6. The number of aliphatic imine (C=N–C) groups is 1. The van der Waals surface area contributed by atoms with Gasteiger partial charge in [-0.15, -0.1) is 0 Å². The second-order valence-corrected chi connectivity index (χ2v) is 10.1. The Kier molecular flexibility index (Phi) is 5.91. The maximum Gasteiger partial charge on any atom is 0.434 e. The largest absolute Gasteiger partial charge is 0.434 e. The number of carbonyl (C=O) groups is 1. The van der Waals surface area contributed by atoms with Crippen molar-refractivity contribution in [3.8, 4) is 10.9 Å². The summed E-state index contributed by atoms with van der Waals surface area (Å²) in [5.41, 5.74) is 1.42. The topological polar surface area (TPSA) is 101 Å². The van der Waals surface area contributed by atoms with Crippen LogP contribution in [-0.2, 0) is 11.0 Å². The minimum absolute atomic E-state index is 0.0381. The molecule has 2 aliphatic rings. The Hall–Kier alpha value is -4.33. The van der Waals surface area contributed by atoms with Gasteiger partial charge >= 0.3 is 11.9 Å². The number of aromatic amines is 1. The van der Waals surface area contributed by atoms with Crippen LogP contribution in [0, 0.1) is 0 Å². The lowest BCUT2D eigenvalue weighted by Gasteiger charge is -2.30. The Labute approximate surface area is 225 Å². The third-order valence-corrected chi connectivity index (χ3v) is 7.12. The summed E-state index contributed by atoms with van der Waals surface area (Å²) in [7, 11) is 0. The van der Waals surface area contributed by atoms with Crippen molar-refractivity contribution in [3.05, 3.63) is 86.4 Å². The molecule has 0 saturated heterocycles. The van der Waals surface area contributed by atoms with Crippen LogP contribution in [0.4, 0.5) is 22.0 Å². The van der Waals surface area contributed by atoms with Crippen molar-refractivity contribution in [1.82, 2.24) is 14.9 Å². The van der Waals surface area contributed by atoms with E-state index in [4.69, 9.17) is 9.15 Å². The van der Waals surface area contributed by atoms with E-state index in [0.29, 0.717) is 46.2 Å². The van der Waals surface area contributed by atoms with Gasteiger partial charge in [-0.25, -0.2) is 13.6 Å². The Morgan fingerprint density at radius 1 is 1.12 bits per heavy atom. The number of nitrogens with zero attached hydrogens (tertiary/aromatic N) is 3. The van der Waals surface area contributed by atoms with Gasteiger partial charge in [-0.3, -0.25) is 14.8 Å². The fourth-order valence-corrected chi connectivity index (χ4v) is 5.54. The number of alkyl halides is 5. The maximum absolute atomic E-state index is 14.2. The highest BCUT2D eigenvalue weighted by Crippen LogP contribution is 2.45. The van der Waals surface area contributed by atoms with Crippen LogP contribution in [0.3, 0.4) is 0 Å². The molecule has 40 heavy (non-hydrogen) atoms. The summed E-state index contributed by atoms with van der Waals surface area (Å²) in [5, 5.41) is 0.610. The molecule has 0 bridgehead atoms. The Morgan fingerprint density at radius 2 is 1.88 bits per heavy atom. The Balaban J connectivity index is 1.37. The second-order valence-electron chi connectivity index (χ2n) is 9.33. The second kappa shape index (κ2) is 9.11. The number of aromatic nitrogens is 2. The summed E-state index contributed by atoms with van der Waals surface area (Å²) in [6, 6.07) is 9.98. The van der Waals surface area contributed by atoms with Gasteiger partial charge in [0.1, 0.15) is 5.75 Å². The number of hydrogen-bond donors (Lipinski definition) is 1. The molecule has 0 spiro atoms. The van der Waals surface area contributed by atoms with E-state index < -0.39 is 42.0 Å². The highest BCUT2D eigenvalue weighted by atomic mass is 32.1. The number of nitrogens with one attached hydrogen (secondary N) is 1. The van der Waals surface area contributed by atoms with Crippen molar-refractivity contribution < 1.29 is 35.9 Å². The van der Waals surface area contributed by atoms with Crippen molar-refractivity contribution in [1.29, 1.82) is 0 Å². The zero-order valence-electron chi connectivity index (χ0n) is 20.4. The van der Waals surface area contributed by atoms with Gasteiger partial charge in [0.05, 0.1) is 30.4 Å². The van der Waals surface area contributed by atoms with E-state index in [0.717, 1.165) is 10.3 Å². The van der Waals surface area contributed by atoms with E-state index in [1.54, 1.807) is 18.2 Å². The number of halogens is 5. The molecule has 1 N–H and O–H groups in total. The lowest BCUT2D eigenvalue weighted by atomic mass is 9.91. The smallest absolute Gasteiger partial charge is 0.431 e. The van der Waals surface area contributed by atoms with Crippen molar-refractivity contribution in [2.24, 2.45) is 4.99 Å². The maximum atomic E-state index is 14.2. The zero-order chi connectivity index (χ0) is 28.4. The van der Waals surface area contributed by atoms with Crippen LogP contribution in [-0.4, -0.2) is 45.5 Å². The number of ether oxygens (including phenoxy) is 1. The van der Waals surface area contributed by atoms with Gasteiger partial charge in [0.2, 0.25) is 0 Å². The number of hydrogen-bond acceptors (Lipinski definition) is 7.